The van der Waals surface area contributed by atoms with Gasteiger partial charge in [-0.15, -0.1) is 0 Å². The second kappa shape index (κ2) is 39.9. The predicted molar refractivity (Wildman–Crippen MR) is 263 cm³/mol. The molecule has 2 heterocycles. The van der Waals surface area contributed by atoms with E-state index in [1.165, 1.54) is 122 Å². The molecule has 0 aromatic heterocycles. The summed E-state index contributed by atoms with van der Waals surface area (Å²) in [6, 6.07) is -0.933. The summed E-state index contributed by atoms with van der Waals surface area (Å²) in [4.78, 5) is 13.2. The molecule has 2 aliphatic rings. The molecule has 0 saturated carbocycles. The van der Waals surface area contributed by atoms with E-state index < -0.39 is 86.8 Å². The van der Waals surface area contributed by atoms with Gasteiger partial charge in [0.25, 0.3) is 0 Å². The summed E-state index contributed by atoms with van der Waals surface area (Å²) in [5, 5.41) is 86.8. The molecule has 0 spiro atoms. The van der Waals surface area contributed by atoms with Crippen LogP contribution in [0.15, 0.2) is 36.5 Å². The third kappa shape index (κ3) is 26.8. The minimum atomic E-state index is -1.79. The Balaban J connectivity index is 1.84. The summed E-state index contributed by atoms with van der Waals surface area (Å²) >= 11 is 0. The van der Waals surface area contributed by atoms with E-state index in [1.807, 2.05) is 6.08 Å². The van der Waals surface area contributed by atoms with Crippen LogP contribution in [0.2, 0.25) is 0 Å². The number of ether oxygens (including phenoxy) is 4. The molecule has 12 atom stereocenters. The van der Waals surface area contributed by atoms with Crippen LogP contribution in [-0.4, -0.2) is 140 Å². The van der Waals surface area contributed by atoms with Crippen LogP contribution in [-0.2, 0) is 23.7 Å². The monoisotopic (exact) mass is 956 g/mol. The van der Waals surface area contributed by atoms with Crippen molar-refractivity contribution >= 4 is 5.91 Å². The van der Waals surface area contributed by atoms with Gasteiger partial charge in [0, 0.05) is 6.42 Å². The molecule has 1 amide bonds. The van der Waals surface area contributed by atoms with Crippen molar-refractivity contribution in [3.05, 3.63) is 36.5 Å². The third-order valence-corrected chi connectivity index (χ3v) is 13.1. The van der Waals surface area contributed by atoms with E-state index in [2.05, 4.69) is 43.5 Å². The van der Waals surface area contributed by atoms with Gasteiger partial charge in [-0.2, -0.15) is 0 Å². The summed E-state index contributed by atoms with van der Waals surface area (Å²) in [6.07, 6.45) is 29.0. The minimum absolute atomic E-state index is 0.252. The Hall–Kier alpha value is -1.79. The van der Waals surface area contributed by atoms with Crippen molar-refractivity contribution in [2.75, 3.05) is 19.8 Å². The first-order valence-electron chi connectivity index (χ1n) is 26.7. The maximum absolute atomic E-state index is 13.2. The summed E-state index contributed by atoms with van der Waals surface area (Å²) in [5.74, 6) is -0.252. The number of unbranched alkanes of at least 4 members (excludes halogenated alkanes) is 24. The molecule has 0 aromatic rings. The maximum Gasteiger partial charge on any atom is 0.220 e. The lowest BCUT2D eigenvalue weighted by atomic mass is 9.97. The minimum Gasteiger partial charge on any atom is -0.394 e. The van der Waals surface area contributed by atoms with Gasteiger partial charge in [-0.05, 0) is 44.9 Å². The fourth-order valence-electron chi connectivity index (χ4n) is 8.68. The van der Waals surface area contributed by atoms with Gasteiger partial charge in [0.15, 0.2) is 12.6 Å². The Labute approximate surface area is 404 Å². The van der Waals surface area contributed by atoms with E-state index in [1.54, 1.807) is 6.08 Å². The molecule has 14 heteroatoms. The number of hydrogen-bond acceptors (Lipinski definition) is 13. The van der Waals surface area contributed by atoms with E-state index in [4.69, 9.17) is 18.9 Å². The molecule has 392 valence electrons. The van der Waals surface area contributed by atoms with Crippen molar-refractivity contribution in [3.8, 4) is 0 Å². The molecule has 2 aliphatic heterocycles. The highest BCUT2D eigenvalue weighted by atomic mass is 16.7. The lowest BCUT2D eigenvalue weighted by molar-refractivity contribution is -0.359. The van der Waals surface area contributed by atoms with Crippen LogP contribution in [0.5, 0.6) is 0 Å². The van der Waals surface area contributed by atoms with Crippen molar-refractivity contribution in [2.24, 2.45) is 0 Å². The van der Waals surface area contributed by atoms with E-state index in [9.17, 15) is 45.6 Å². The van der Waals surface area contributed by atoms with Gasteiger partial charge in [0.05, 0.1) is 32.0 Å². The second-order valence-electron chi connectivity index (χ2n) is 19.0. The lowest BCUT2D eigenvalue weighted by Gasteiger charge is -2.46. The Kier molecular flexibility index (Phi) is 36.5. The van der Waals surface area contributed by atoms with Crippen LogP contribution < -0.4 is 5.32 Å². The molecule has 14 nitrogen and oxygen atoms in total. The van der Waals surface area contributed by atoms with Gasteiger partial charge in [-0.1, -0.05) is 185 Å². The first-order chi connectivity index (χ1) is 32.6. The summed E-state index contributed by atoms with van der Waals surface area (Å²) in [7, 11) is 0. The number of rotatable bonds is 41. The molecule has 0 bridgehead atoms. The number of aliphatic hydroxyl groups excluding tert-OH is 8. The quantitative estimate of drug-likeness (QED) is 0.0214. The summed E-state index contributed by atoms with van der Waals surface area (Å²) in [6.45, 7) is 2.75. The number of amides is 1. The van der Waals surface area contributed by atoms with Crippen molar-refractivity contribution < 1.29 is 64.6 Å². The average Bonchev–Trinajstić information content (AvgIpc) is 3.32. The second-order valence-corrected chi connectivity index (χ2v) is 19.0. The van der Waals surface area contributed by atoms with Crippen LogP contribution in [0.25, 0.3) is 0 Å². The zero-order valence-electron chi connectivity index (χ0n) is 41.6. The van der Waals surface area contributed by atoms with E-state index in [0.717, 1.165) is 44.9 Å². The zero-order chi connectivity index (χ0) is 48.9. The van der Waals surface area contributed by atoms with Crippen molar-refractivity contribution in [1.29, 1.82) is 0 Å². The highest BCUT2D eigenvalue weighted by Crippen LogP contribution is 2.30. The summed E-state index contributed by atoms with van der Waals surface area (Å²) < 4.78 is 22.7. The van der Waals surface area contributed by atoms with Crippen molar-refractivity contribution in [3.63, 3.8) is 0 Å². The van der Waals surface area contributed by atoms with Crippen LogP contribution in [0.1, 0.15) is 200 Å². The zero-order valence-corrected chi connectivity index (χ0v) is 41.6. The van der Waals surface area contributed by atoms with Crippen molar-refractivity contribution in [1.82, 2.24) is 5.32 Å². The van der Waals surface area contributed by atoms with E-state index in [0.29, 0.717) is 12.8 Å². The van der Waals surface area contributed by atoms with Crippen LogP contribution in [0.3, 0.4) is 0 Å². The van der Waals surface area contributed by atoms with Crippen LogP contribution in [0, 0.1) is 0 Å². The molecular formula is C53H97NO13. The lowest BCUT2D eigenvalue weighted by Crippen LogP contribution is -2.65. The van der Waals surface area contributed by atoms with Gasteiger partial charge in [-0.25, -0.2) is 0 Å². The van der Waals surface area contributed by atoms with E-state index in [-0.39, 0.29) is 18.9 Å². The number of carbonyl (C=O) groups is 1. The van der Waals surface area contributed by atoms with Gasteiger partial charge < -0.3 is 65.1 Å². The average molecular weight is 956 g/mol. The SMILES string of the molecule is CCCCCCC/C=C/CC/C=C/CC/C=C/C(O)C(COC1OC(CO)C(OC2OC(CO)C(O)C(O)C2O)C(O)C1O)NC(=O)CCCCCCCCCCCCCCCCCCCC. The molecule has 67 heavy (non-hydrogen) atoms. The number of aliphatic hydroxyl groups is 8. The highest BCUT2D eigenvalue weighted by Gasteiger charge is 2.51. The standard InChI is InChI=1S/C53H97NO13/c1-3-5-7-9-11-13-15-17-19-20-21-23-25-27-29-31-33-35-37-45(58)54-41(42(57)36-34-32-30-28-26-24-22-18-16-14-12-10-8-6-4-2)40-64-52-50(63)48(61)51(44(39-56)66-52)67-53-49(62)47(60)46(59)43(38-55)65-53/h16,18,26,28,34,36,41-44,46-53,55-57,59-63H,3-15,17,19-25,27,29-33,35,37-40H2,1-2H3,(H,54,58)/b18-16+,28-26+,36-34+. The first kappa shape index (κ1) is 61.3. The molecule has 0 aromatic carbocycles. The number of allylic oxidation sites excluding steroid dienone is 5. The third-order valence-electron chi connectivity index (χ3n) is 13.1. The van der Waals surface area contributed by atoms with Gasteiger partial charge in [-0.3, -0.25) is 4.79 Å². The Morgan fingerprint density at radius 3 is 1.46 bits per heavy atom. The molecule has 2 fully saturated rings. The topological polar surface area (TPSA) is 228 Å². The van der Waals surface area contributed by atoms with Gasteiger partial charge in [0.2, 0.25) is 5.91 Å². The fraction of sp³-hybridized carbons (Fsp3) is 0.868. The first-order valence-corrected chi connectivity index (χ1v) is 26.7. The normalized spacial score (nSPS) is 26.8. The van der Waals surface area contributed by atoms with E-state index >= 15 is 0 Å². The van der Waals surface area contributed by atoms with Gasteiger partial charge >= 0.3 is 0 Å². The number of hydrogen-bond donors (Lipinski definition) is 9. The van der Waals surface area contributed by atoms with Crippen molar-refractivity contribution in [2.45, 2.75) is 274 Å². The van der Waals surface area contributed by atoms with Crippen LogP contribution >= 0.6 is 0 Å². The Morgan fingerprint density at radius 1 is 0.522 bits per heavy atom. The molecular weight excluding hydrogens is 859 g/mol. The molecule has 2 rings (SSSR count). The number of carbonyl (C=O) groups excluding carboxylic acids is 1. The molecule has 0 radical (unpaired) electrons. The maximum atomic E-state index is 13.2. The smallest absolute Gasteiger partial charge is 0.220 e. The highest BCUT2D eigenvalue weighted by molar-refractivity contribution is 5.76. The molecule has 9 N–H and O–H groups in total. The fourth-order valence-corrected chi connectivity index (χ4v) is 8.68. The summed E-state index contributed by atoms with van der Waals surface area (Å²) in [5.41, 5.74) is 0. The molecule has 0 aliphatic carbocycles. The molecule has 2 saturated heterocycles. The Morgan fingerprint density at radius 2 is 0.955 bits per heavy atom. The number of nitrogens with one attached hydrogen (secondary N) is 1. The largest absolute Gasteiger partial charge is 0.394 e. The Bertz CT molecular complexity index is 1270. The predicted octanol–water partition coefficient (Wildman–Crippen LogP) is 7.49. The molecule has 12 unspecified atom stereocenters. The van der Waals surface area contributed by atoms with Gasteiger partial charge in [0.1, 0.15) is 48.8 Å². The van der Waals surface area contributed by atoms with Crippen LogP contribution in [0.4, 0.5) is 0 Å².